The van der Waals surface area contributed by atoms with E-state index in [9.17, 15) is 16.8 Å². The van der Waals surface area contributed by atoms with Crippen LogP contribution in [0.15, 0.2) is 28.0 Å². The van der Waals surface area contributed by atoms with Crippen molar-refractivity contribution in [1.29, 1.82) is 0 Å². The van der Waals surface area contributed by atoms with Crippen LogP contribution in [-0.4, -0.2) is 57.6 Å². The lowest BCUT2D eigenvalue weighted by molar-refractivity contribution is 0.281. The molecule has 1 saturated heterocycles. The summed E-state index contributed by atoms with van der Waals surface area (Å²) in [6.45, 7) is 5.80. The molecule has 1 aliphatic heterocycles. The molecule has 0 spiro atoms. The minimum atomic E-state index is -4.14. The van der Waals surface area contributed by atoms with Gasteiger partial charge in [-0.25, -0.2) is 8.42 Å². The Labute approximate surface area is 177 Å². The molecule has 0 N–H and O–H groups in total. The Balaban J connectivity index is 2.09. The van der Waals surface area contributed by atoms with Gasteiger partial charge in [0.15, 0.2) is 11.5 Å². The van der Waals surface area contributed by atoms with E-state index in [0.717, 1.165) is 16.9 Å². The van der Waals surface area contributed by atoms with E-state index in [4.69, 9.17) is 9.47 Å². The van der Waals surface area contributed by atoms with E-state index in [1.165, 1.54) is 50.6 Å². The molecule has 0 saturated carbocycles. The maximum absolute atomic E-state index is 13.3. The molecule has 166 valence electrons. The highest BCUT2D eigenvalue weighted by atomic mass is 32.2. The lowest BCUT2D eigenvalue weighted by atomic mass is 10.0. The van der Waals surface area contributed by atoms with Crippen LogP contribution in [0, 0.1) is 19.8 Å². The van der Waals surface area contributed by atoms with Gasteiger partial charge < -0.3 is 9.47 Å². The average Bonchev–Trinajstić information content (AvgIpc) is 3.02. The van der Waals surface area contributed by atoms with Crippen LogP contribution in [0.25, 0.3) is 0 Å². The Bertz CT molecular complexity index is 1160. The summed E-state index contributed by atoms with van der Waals surface area (Å²) >= 11 is 0. The van der Waals surface area contributed by atoms with Crippen molar-refractivity contribution < 1.29 is 26.3 Å². The van der Waals surface area contributed by atoms with Crippen molar-refractivity contribution >= 4 is 20.0 Å². The molecule has 1 aromatic carbocycles. The van der Waals surface area contributed by atoms with Gasteiger partial charge in [0.05, 0.1) is 30.5 Å². The molecule has 11 heteroatoms. The average molecular weight is 458 g/mol. The van der Waals surface area contributed by atoms with Gasteiger partial charge in [0, 0.05) is 19.2 Å². The molecule has 9 nitrogen and oxygen atoms in total. The van der Waals surface area contributed by atoms with Crippen LogP contribution in [0.4, 0.5) is 0 Å². The van der Waals surface area contributed by atoms with Crippen LogP contribution in [-0.2, 0) is 20.0 Å². The first-order valence-electron chi connectivity index (χ1n) is 9.58. The van der Waals surface area contributed by atoms with E-state index in [-0.39, 0.29) is 32.8 Å². The van der Waals surface area contributed by atoms with E-state index in [1.54, 1.807) is 0 Å². The van der Waals surface area contributed by atoms with Gasteiger partial charge >= 0.3 is 0 Å². The van der Waals surface area contributed by atoms with Crippen LogP contribution in [0.3, 0.4) is 0 Å². The number of aromatic nitrogens is 2. The second-order valence-corrected chi connectivity index (χ2v) is 11.1. The Morgan fingerprint density at radius 1 is 1.03 bits per heavy atom. The van der Waals surface area contributed by atoms with Gasteiger partial charge in [-0.2, -0.15) is 21.9 Å². The number of ether oxygens (including phenoxy) is 2. The SMILES string of the molecule is COc1ccc(S(=O)(=O)n2nc(C)c(S(=O)(=O)N3CCC[C@H](C)C3)c2C)cc1OC. The zero-order chi connectivity index (χ0) is 22.3. The van der Waals surface area contributed by atoms with Crippen LogP contribution in [0.1, 0.15) is 31.2 Å². The maximum Gasteiger partial charge on any atom is 0.283 e. The highest BCUT2D eigenvalue weighted by molar-refractivity contribution is 7.90. The second kappa shape index (κ2) is 8.20. The van der Waals surface area contributed by atoms with Gasteiger partial charge in [0.1, 0.15) is 4.90 Å². The molecule has 0 bridgehead atoms. The summed E-state index contributed by atoms with van der Waals surface area (Å²) in [7, 11) is -5.15. The van der Waals surface area contributed by atoms with E-state index < -0.39 is 20.0 Å². The van der Waals surface area contributed by atoms with Crippen LogP contribution in [0.5, 0.6) is 11.5 Å². The van der Waals surface area contributed by atoms with E-state index in [0.29, 0.717) is 18.8 Å². The molecular weight excluding hydrogens is 430 g/mol. The Morgan fingerprint density at radius 2 is 1.70 bits per heavy atom. The minimum absolute atomic E-state index is 0.0550. The Morgan fingerprint density at radius 3 is 2.30 bits per heavy atom. The van der Waals surface area contributed by atoms with Crippen molar-refractivity contribution in [2.75, 3.05) is 27.3 Å². The fourth-order valence-corrected chi connectivity index (χ4v) is 7.17. The summed E-state index contributed by atoms with van der Waals surface area (Å²) in [4.78, 5) is -0.137. The van der Waals surface area contributed by atoms with Crippen molar-refractivity contribution in [1.82, 2.24) is 13.5 Å². The quantitative estimate of drug-likeness (QED) is 0.654. The lowest BCUT2D eigenvalue weighted by Gasteiger charge is -2.30. The number of sulfonamides is 1. The predicted molar refractivity (Wildman–Crippen MR) is 111 cm³/mol. The zero-order valence-corrected chi connectivity index (χ0v) is 19.4. The number of hydrogen-bond donors (Lipinski definition) is 0. The third kappa shape index (κ3) is 3.81. The number of methoxy groups -OCH3 is 2. The summed E-state index contributed by atoms with van der Waals surface area (Å²) in [5.74, 6) is 0.877. The molecule has 0 unspecified atom stereocenters. The molecule has 0 radical (unpaired) electrons. The van der Waals surface area contributed by atoms with Gasteiger partial charge in [-0.05, 0) is 44.7 Å². The zero-order valence-electron chi connectivity index (χ0n) is 17.7. The normalized spacial score (nSPS) is 18.4. The number of rotatable bonds is 6. The molecular formula is C19H27N3O6S2. The minimum Gasteiger partial charge on any atom is -0.493 e. The first kappa shape index (κ1) is 22.6. The molecule has 3 rings (SSSR count). The molecule has 1 fully saturated rings. The van der Waals surface area contributed by atoms with Crippen molar-refractivity contribution in [2.45, 2.75) is 43.4 Å². The van der Waals surface area contributed by atoms with Crippen molar-refractivity contribution in [3.05, 3.63) is 29.6 Å². The summed E-state index contributed by atoms with van der Waals surface area (Å²) in [5.41, 5.74) is 0.204. The lowest BCUT2D eigenvalue weighted by Crippen LogP contribution is -2.39. The van der Waals surface area contributed by atoms with Crippen LogP contribution in [0.2, 0.25) is 0 Å². The third-order valence-electron chi connectivity index (χ3n) is 5.28. The number of piperidine rings is 1. The Kier molecular flexibility index (Phi) is 6.17. The van der Waals surface area contributed by atoms with E-state index >= 15 is 0 Å². The number of aryl methyl sites for hydroxylation is 1. The van der Waals surface area contributed by atoms with Crippen LogP contribution < -0.4 is 9.47 Å². The summed E-state index contributed by atoms with van der Waals surface area (Å²) in [6.07, 6.45) is 1.74. The third-order valence-corrected chi connectivity index (χ3v) is 9.06. The van der Waals surface area contributed by atoms with Gasteiger partial charge in [-0.3, -0.25) is 0 Å². The molecule has 0 amide bonds. The first-order chi connectivity index (χ1) is 14.0. The van der Waals surface area contributed by atoms with Gasteiger partial charge in [-0.15, -0.1) is 0 Å². The largest absolute Gasteiger partial charge is 0.493 e. The number of hydrogen-bond acceptors (Lipinski definition) is 7. The van der Waals surface area contributed by atoms with Crippen molar-refractivity contribution in [3.8, 4) is 11.5 Å². The highest BCUT2D eigenvalue weighted by Crippen LogP contribution is 2.32. The smallest absolute Gasteiger partial charge is 0.283 e. The van der Waals surface area contributed by atoms with Crippen LogP contribution >= 0.6 is 0 Å². The molecule has 0 aliphatic carbocycles. The molecule has 1 atom stereocenters. The summed E-state index contributed by atoms with van der Waals surface area (Å²) in [6, 6.07) is 4.17. The fourth-order valence-electron chi connectivity index (χ4n) is 3.78. The second-order valence-electron chi connectivity index (χ2n) is 7.48. The molecule has 1 aromatic heterocycles. The number of nitrogens with zero attached hydrogens (tertiary/aromatic N) is 3. The van der Waals surface area contributed by atoms with E-state index in [2.05, 4.69) is 5.10 Å². The Hall–Kier alpha value is -2.11. The maximum atomic E-state index is 13.3. The van der Waals surface area contributed by atoms with Gasteiger partial charge in [0.2, 0.25) is 10.0 Å². The fraction of sp³-hybridized carbons (Fsp3) is 0.526. The monoisotopic (exact) mass is 457 g/mol. The topological polar surface area (TPSA) is 108 Å². The highest BCUT2D eigenvalue weighted by Gasteiger charge is 2.35. The van der Waals surface area contributed by atoms with Crippen molar-refractivity contribution in [3.63, 3.8) is 0 Å². The van der Waals surface area contributed by atoms with E-state index in [1.807, 2.05) is 6.92 Å². The van der Waals surface area contributed by atoms with Gasteiger partial charge in [0.25, 0.3) is 10.0 Å². The molecule has 2 heterocycles. The number of benzene rings is 1. The summed E-state index contributed by atoms with van der Waals surface area (Å²) in [5, 5.41) is 4.09. The standard InChI is InChI=1S/C19H27N3O6S2/c1-13-7-6-10-21(12-13)30(25,26)19-14(2)20-22(15(19)3)29(23,24)16-8-9-17(27-4)18(11-16)28-5/h8-9,11,13H,6-7,10,12H2,1-5H3/t13-/m0/s1. The first-order valence-corrected chi connectivity index (χ1v) is 12.5. The summed E-state index contributed by atoms with van der Waals surface area (Å²) < 4.78 is 65.6. The van der Waals surface area contributed by atoms with Crippen molar-refractivity contribution in [2.24, 2.45) is 5.92 Å². The molecule has 2 aromatic rings. The molecule has 1 aliphatic rings. The molecule has 30 heavy (non-hydrogen) atoms. The van der Waals surface area contributed by atoms with Gasteiger partial charge in [-0.1, -0.05) is 6.92 Å². The predicted octanol–water partition coefficient (Wildman–Crippen LogP) is 2.17.